The van der Waals surface area contributed by atoms with Crippen molar-refractivity contribution in [2.45, 2.75) is 52.1 Å². The summed E-state index contributed by atoms with van der Waals surface area (Å²) in [5, 5.41) is 6.88. The number of rotatable bonds is 5. The number of aromatic nitrogens is 1. The van der Waals surface area contributed by atoms with Crippen molar-refractivity contribution < 1.29 is 9.32 Å². The summed E-state index contributed by atoms with van der Waals surface area (Å²) in [5.41, 5.74) is 6.60. The molecular formula is C14H23N3O2. The molecule has 5 heteroatoms. The van der Waals surface area contributed by atoms with E-state index in [0.717, 1.165) is 37.1 Å². The van der Waals surface area contributed by atoms with Gasteiger partial charge in [0.25, 0.3) is 0 Å². The van der Waals surface area contributed by atoms with Crippen molar-refractivity contribution in [3.63, 3.8) is 0 Å². The second-order valence-electron chi connectivity index (χ2n) is 5.87. The van der Waals surface area contributed by atoms with Gasteiger partial charge in [-0.3, -0.25) is 4.79 Å². The van der Waals surface area contributed by atoms with Crippen molar-refractivity contribution in [2.75, 3.05) is 0 Å². The van der Waals surface area contributed by atoms with E-state index >= 15 is 0 Å². The summed E-state index contributed by atoms with van der Waals surface area (Å²) in [6.07, 6.45) is 3.51. The van der Waals surface area contributed by atoms with E-state index in [1.807, 2.05) is 6.07 Å². The number of hydrogen-bond donors (Lipinski definition) is 2. The normalized spacial score (nSPS) is 22.9. The van der Waals surface area contributed by atoms with Crippen molar-refractivity contribution in [1.82, 2.24) is 10.5 Å². The summed E-state index contributed by atoms with van der Waals surface area (Å²) in [4.78, 5) is 11.9. The molecule has 0 aromatic carbocycles. The molecule has 1 heterocycles. The molecule has 106 valence electrons. The first-order valence-electron chi connectivity index (χ1n) is 7.02. The Kier molecular flexibility index (Phi) is 4.58. The maximum Gasteiger partial charge on any atom is 0.223 e. The van der Waals surface area contributed by atoms with Crippen LogP contribution in [0.1, 0.15) is 44.6 Å². The summed E-state index contributed by atoms with van der Waals surface area (Å²) in [5.74, 6) is 1.57. The first kappa shape index (κ1) is 14.1. The molecule has 1 aromatic heterocycles. The monoisotopic (exact) mass is 265 g/mol. The number of nitrogens with two attached hydrogens (primary N) is 1. The third kappa shape index (κ3) is 4.06. The van der Waals surface area contributed by atoms with Gasteiger partial charge in [-0.05, 0) is 25.2 Å². The van der Waals surface area contributed by atoms with Crippen LogP contribution in [0, 0.1) is 11.8 Å². The quantitative estimate of drug-likeness (QED) is 0.847. The highest BCUT2D eigenvalue weighted by atomic mass is 16.5. The Morgan fingerprint density at radius 1 is 1.58 bits per heavy atom. The zero-order valence-corrected chi connectivity index (χ0v) is 11.7. The number of carbonyl (C=O) groups excluding carboxylic acids is 1. The number of hydrogen-bond acceptors (Lipinski definition) is 4. The molecule has 5 nitrogen and oxygen atoms in total. The average Bonchev–Trinajstić information content (AvgIpc) is 2.94. The Balaban J connectivity index is 1.78. The van der Waals surface area contributed by atoms with Gasteiger partial charge in [0.05, 0.1) is 6.54 Å². The van der Waals surface area contributed by atoms with Gasteiger partial charge in [-0.25, -0.2) is 0 Å². The van der Waals surface area contributed by atoms with Gasteiger partial charge in [0, 0.05) is 24.4 Å². The van der Waals surface area contributed by atoms with Crippen LogP contribution in [0.25, 0.3) is 0 Å². The van der Waals surface area contributed by atoms with Crippen LogP contribution in [0.3, 0.4) is 0 Å². The first-order chi connectivity index (χ1) is 9.04. The molecule has 3 N–H and O–H groups in total. The predicted molar refractivity (Wildman–Crippen MR) is 72.2 cm³/mol. The minimum Gasteiger partial charge on any atom is -0.361 e. The molecule has 2 atom stereocenters. The molecule has 0 spiro atoms. The van der Waals surface area contributed by atoms with E-state index < -0.39 is 0 Å². The van der Waals surface area contributed by atoms with E-state index in [1.165, 1.54) is 0 Å². The SMILES string of the molecule is CC(C)Cc1cc(CNC(=O)[C@@H]2CC[C@H](N)C2)no1. The van der Waals surface area contributed by atoms with E-state index in [1.54, 1.807) is 0 Å². The van der Waals surface area contributed by atoms with Crippen LogP contribution in [-0.4, -0.2) is 17.1 Å². The standard InChI is InChI=1S/C14H23N3O2/c1-9(2)5-13-7-12(17-19-13)8-16-14(18)10-3-4-11(15)6-10/h7,9-11H,3-6,8,15H2,1-2H3,(H,16,18)/t10-,11+/m1/s1. The zero-order valence-electron chi connectivity index (χ0n) is 11.7. The highest BCUT2D eigenvalue weighted by Crippen LogP contribution is 2.24. The van der Waals surface area contributed by atoms with Crippen molar-refractivity contribution >= 4 is 5.91 Å². The van der Waals surface area contributed by atoms with E-state index in [4.69, 9.17) is 10.3 Å². The van der Waals surface area contributed by atoms with Crippen LogP contribution in [0.5, 0.6) is 0 Å². The highest BCUT2D eigenvalue weighted by molar-refractivity contribution is 5.78. The fourth-order valence-corrected chi connectivity index (χ4v) is 2.51. The average molecular weight is 265 g/mol. The molecule has 1 saturated carbocycles. The molecule has 2 rings (SSSR count). The lowest BCUT2D eigenvalue weighted by Crippen LogP contribution is -2.30. The van der Waals surface area contributed by atoms with Crippen LogP contribution in [0.2, 0.25) is 0 Å². The Morgan fingerprint density at radius 2 is 2.37 bits per heavy atom. The van der Waals surface area contributed by atoms with Crippen molar-refractivity contribution in [3.05, 3.63) is 17.5 Å². The molecule has 1 aliphatic carbocycles. The molecule has 19 heavy (non-hydrogen) atoms. The molecule has 1 aromatic rings. The Labute approximate surface area is 113 Å². The van der Waals surface area contributed by atoms with E-state index in [9.17, 15) is 4.79 Å². The topological polar surface area (TPSA) is 81.2 Å². The van der Waals surface area contributed by atoms with Gasteiger partial charge in [-0.2, -0.15) is 0 Å². The predicted octanol–water partition coefficient (Wildman–Crippen LogP) is 1.62. The summed E-state index contributed by atoms with van der Waals surface area (Å²) < 4.78 is 5.23. The molecule has 1 aliphatic rings. The van der Waals surface area contributed by atoms with Gasteiger partial charge in [0.2, 0.25) is 5.91 Å². The summed E-state index contributed by atoms with van der Waals surface area (Å²) in [7, 11) is 0. The minimum absolute atomic E-state index is 0.0667. The Bertz CT molecular complexity index is 428. The lowest BCUT2D eigenvalue weighted by molar-refractivity contribution is -0.125. The zero-order chi connectivity index (χ0) is 13.8. The summed E-state index contributed by atoms with van der Waals surface area (Å²) >= 11 is 0. The molecule has 0 unspecified atom stereocenters. The summed E-state index contributed by atoms with van der Waals surface area (Å²) in [6, 6.07) is 2.10. The smallest absolute Gasteiger partial charge is 0.223 e. The number of nitrogens with one attached hydrogen (secondary N) is 1. The number of nitrogens with zero attached hydrogens (tertiary/aromatic N) is 1. The molecule has 0 aliphatic heterocycles. The maximum absolute atomic E-state index is 11.9. The second kappa shape index (κ2) is 6.19. The van der Waals surface area contributed by atoms with Gasteiger partial charge >= 0.3 is 0 Å². The van der Waals surface area contributed by atoms with E-state index in [2.05, 4.69) is 24.3 Å². The molecular weight excluding hydrogens is 242 g/mol. The van der Waals surface area contributed by atoms with Crippen LogP contribution >= 0.6 is 0 Å². The summed E-state index contributed by atoms with van der Waals surface area (Å²) in [6.45, 7) is 4.70. The Hall–Kier alpha value is -1.36. The van der Waals surface area contributed by atoms with Crippen LogP contribution in [-0.2, 0) is 17.8 Å². The first-order valence-corrected chi connectivity index (χ1v) is 7.02. The highest BCUT2D eigenvalue weighted by Gasteiger charge is 2.27. The van der Waals surface area contributed by atoms with Crippen molar-refractivity contribution in [1.29, 1.82) is 0 Å². The molecule has 0 bridgehead atoms. The molecule has 0 radical (unpaired) electrons. The van der Waals surface area contributed by atoms with Gasteiger partial charge in [-0.1, -0.05) is 19.0 Å². The number of carbonyl (C=O) groups is 1. The third-order valence-electron chi connectivity index (χ3n) is 3.50. The van der Waals surface area contributed by atoms with Crippen molar-refractivity contribution in [2.24, 2.45) is 17.6 Å². The van der Waals surface area contributed by atoms with Crippen LogP contribution in [0.4, 0.5) is 0 Å². The van der Waals surface area contributed by atoms with Crippen molar-refractivity contribution in [3.8, 4) is 0 Å². The third-order valence-corrected chi connectivity index (χ3v) is 3.50. The lowest BCUT2D eigenvalue weighted by atomic mass is 10.1. The fraction of sp³-hybridized carbons (Fsp3) is 0.714. The van der Waals surface area contributed by atoms with E-state index in [0.29, 0.717) is 12.5 Å². The number of amides is 1. The Morgan fingerprint density at radius 3 is 3.00 bits per heavy atom. The maximum atomic E-state index is 11.9. The fourth-order valence-electron chi connectivity index (χ4n) is 2.51. The van der Waals surface area contributed by atoms with Gasteiger partial charge in [-0.15, -0.1) is 0 Å². The van der Waals surface area contributed by atoms with Gasteiger partial charge in [0.15, 0.2) is 0 Å². The molecule has 1 amide bonds. The molecule has 0 saturated heterocycles. The second-order valence-corrected chi connectivity index (χ2v) is 5.87. The minimum atomic E-state index is 0.0667. The van der Waals surface area contributed by atoms with Gasteiger partial charge < -0.3 is 15.6 Å². The molecule has 1 fully saturated rings. The van der Waals surface area contributed by atoms with Crippen LogP contribution in [0.15, 0.2) is 10.6 Å². The van der Waals surface area contributed by atoms with Gasteiger partial charge in [0.1, 0.15) is 11.5 Å². The lowest BCUT2D eigenvalue weighted by Gasteiger charge is -2.09. The van der Waals surface area contributed by atoms with E-state index in [-0.39, 0.29) is 17.9 Å². The van der Waals surface area contributed by atoms with Crippen LogP contribution < -0.4 is 11.1 Å². The largest absolute Gasteiger partial charge is 0.361 e.